The summed E-state index contributed by atoms with van der Waals surface area (Å²) in [5.74, 6) is 0.708. The third-order valence-electron chi connectivity index (χ3n) is 7.62. The van der Waals surface area contributed by atoms with Crippen LogP contribution in [0.15, 0.2) is 36.7 Å². The third-order valence-corrected chi connectivity index (χ3v) is 8.43. The molecule has 2 fully saturated rings. The molecule has 0 aliphatic carbocycles. The first kappa shape index (κ1) is 28.8. The first-order chi connectivity index (χ1) is 19.3. The van der Waals surface area contributed by atoms with Crippen LogP contribution in [-0.4, -0.2) is 85.4 Å². The molecule has 2 aliphatic heterocycles. The van der Waals surface area contributed by atoms with Crippen molar-refractivity contribution in [3.8, 4) is 0 Å². The molecule has 40 heavy (non-hydrogen) atoms. The number of hydrogen-bond donors (Lipinski definition) is 2. The van der Waals surface area contributed by atoms with Gasteiger partial charge in [0.2, 0.25) is 5.95 Å². The fourth-order valence-corrected chi connectivity index (χ4v) is 6.18. The molecular weight excluding hydrogens is 532 g/mol. The molecule has 4 heterocycles. The summed E-state index contributed by atoms with van der Waals surface area (Å²) in [6.45, 7) is 7.23. The number of benzene rings is 1. The monoisotopic (exact) mass is 571 g/mol. The predicted octanol–water partition coefficient (Wildman–Crippen LogP) is 5.14. The molecule has 2 aliphatic rings. The summed E-state index contributed by atoms with van der Waals surface area (Å²) in [6.07, 6.45) is 4.79. The number of ether oxygens (including phenoxy) is 1. The molecule has 0 amide bonds. The molecule has 0 unspecified atom stereocenters. The standard InChI is InChI=1S/C29H39F2N7OS/c1-19(2)21-5-6-24(38-15-20(16-38)17-40-4)23-14-34-27(13-22(21)23)35-26-7-9-33-28(36-26)37-11-8-25(29(30,31)18-37)39-12-10-32-3/h5-7,9,13-14,19-20,25,32H,8,10-12,15-18H2,1-4H3,(H,33,34,35,36)/t25-/m1/s1. The minimum atomic E-state index is -2.99. The molecule has 1 atom stereocenters. The van der Waals surface area contributed by atoms with Gasteiger partial charge in [0.15, 0.2) is 0 Å². The Kier molecular flexibility index (Phi) is 8.92. The van der Waals surface area contributed by atoms with Crippen LogP contribution in [-0.2, 0) is 4.74 Å². The molecule has 3 aromatic rings. The number of thioether (sulfide) groups is 1. The molecule has 8 nitrogen and oxygen atoms in total. The molecule has 0 spiro atoms. The Morgan fingerprint density at radius 3 is 2.67 bits per heavy atom. The minimum Gasteiger partial charge on any atom is -0.370 e. The number of alkyl halides is 2. The summed E-state index contributed by atoms with van der Waals surface area (Å²) in [5.41, 5.74) is 2.48. The second kappa shape index (κ2) is 12.4. The van der Waals surface area contributed by atoms with E-state index in [0.29, 0.717) is 30.6 Å². The number of nitrogens with one attached hydrogen (secondary N) is 2. The molecule has 2 aromatic heterocycles. The Morgan fingerprint density at radius 1 is 1.12 bits per heavy atom. The molecule has 0 radical (unpaired) electrons. The van der Waals surface area contributed by atoms with Crippen LogP contribution in [0.3, 0.4) is 0 Å². The number of fused-ring (bicyclic) bond motifs is 1. The molecule has 2 N–H and O–H groups in total. The van der Waals surface area contributed by atoms with Gasteiger partial charge < -0.3 is 25.2 Å². The molecule has 5 rings (SSSR count). The lowest BCUT2D eigenvalue weighted by Crippen LogP contribution is -2.53. The molecule has 216 valence electrons. The van der Waals surface area contributed by atoms with Gasteiger partial charge in [-0.25, -0.2) is 18.7 Å². The topological polar surface area (TPSA) is 78.4 Å². The quantitative estimate of drug-likeness (QED) is 0.304. The van der Waals surface area contributed by atoms with Gasteiger partial charge in [0.1, 0.15) is 17.7 Å². The van der Waals surface area contributed by atoms with Gasteiger partial charge in [-0.05, 0) is 60.5 Å². The van der Waals surface area contributed by atoms with Crippen molar-refractivity contribution in [2.75, 3.05) is 73.5 Å². The van der Waals surface area contributed by atoms with E-state index in [2.05, 4.69) is 63.8 Å². The summed E-state index contributed by atoms with van der Waals surface area (Å²) in [7, 11) is 1.77. The molecule has 0 saturated carbocycles. The predicted molar refractivity (Wildman–Crippen MR) is 161 cm³/mol. The number of aromatic nitrogens is 3. The Morgan fingerprint density at radius 2 is 1.95 bits per heavy atom. The van der Waals surface area contributed by atoms with Crippen molar-refractivity contribution < 1.29 is 13.5 Å². The van der Waals surface area contributed by atoms with Crippen molar-refractivity contribution >= 4 is 45.8 Å². The lowest BCUT2D eigenvalue weighted by molar-refractivity contribution is -0.142. The van der Waals surface area contributed by atoms with Crippen molar-refractivity contribution in [3.05, 3.63) is 42.2 Å². The van der Waals surface area contributed by atoms with Crippen molar-refractivity contribution in [3.63, 3.8) is 0 Å². The Balaban J connectivity index is 1.33. The summed E-state index contributed by atoms with van der Waals surface area (Å²) < 4.78 is 35.1. The Hall–Kier alpha value is -2.76. The summed E-state index contributed by atoms with van der Waals surface area (Å²) >= 11 is 1.90. The van der Waals surface area contributed by atoms with Crippen molar-refractivity contribution in [2.45, 2.75) is 38.2 Å². The molecule has 0 bridgehead atoms. The molecular formula is C29H39F2N7OS. The van der Waals surface area contributed by atoms with Gasteiger partial charge in [-0.15, -0.1) is 0 Å². The van der Waals surface area contributed by atoms with E-state index in [4.69, 9.17) is 9.72 Å². The molecule has 11 heteroatoms. The molecule has 2 saturated heterocycles. The highest BCUT2D eigenvalue weighted by Crippen LogP contribution is 2.37. The van der Waals surface area contributed by atoms with E-state index in [1.54, 1.807) is 19.3 Å². The maximum Gasteiger partial charge on any atom is 0.290 e. The van der Waals surface area contributed by atoms with Gasteiger partial charge in [-0.3, -0.25) is 0 Å². The molecule has 1 aromatic carbocycles. The van der Waals surface area contributed by atoms with Gasteiger partial charge >= 0.3 is 0 Å². The highest BCUT2D eigenvalue weighted by atomic mass is 32.2. The van der Waals surface area contributed by atoms with Crippen LogP contribution in [0.25, 0.3) is 10.8 Å². The van der Waals surface area contributed by atoms with Gasteiger partial charge in [-0.2, -0.15) is 16.7 Å². The number of piperidine rings is 1. The zero-order chi connectivity index (χ0) is 28.3. The number of anilines is 4. The van der Waals surface area contributed by atoms with Crippen LogP contribution in [0.4, 0.5) is 32.1 Å². The minimum absolute atomic E-state index is 0.208. The average molecular weight is 572 g/mol. The first-order valence-corrected chi connectivity index (χ1v) is 15.3. The first-order valence-electron chi connectivity index (χ1n) is 13.9. The van der Waals surface area contributed by atoms with Gasteiger partial charge in [0.05, 0.1) is 13.2 Å². The fourth-order valence-electron chi connectivity index (χ4n) is 5.50. The third kappa shape index (κ3) is 6.26. The lowest BCUT2D eigenvalue weighted by atomic mass is 9.93. The summed E-state index contributed by atoms with van der Waals surface area (Å²) in [6, 6.07) is 8.25. The number of hydrogen-bond acceptors (Lipinski definition) is 9. The van der Waals surface area contributed by atoms with Crippen molar-refractivity contribution in [2.24, 2.45) is 5.92 Å². The zero-order valence-electron chi connectivity index (χ0n) is 23.7. The highest BCUT2D eigenvalue weighted by Gasteiger charge is 2.46. The number of rotatable bonds is 11. The second-order valence-corrected chi connectivity index (χ2v) is 11.9. The van der Waals surface area contributed by atoms with Gasteiger partial charge in [0.25, 0.3) is 5.92 Å². The van der Waals surface area contributed by atoms with Crippen LogP contribution in [0, 0.1) is 5.92 Å². The van der Waals surface area contributed by atoms with Crippen LogP contribution < -0.4 is 20.4 Å². The maximum absolute atomic E-state index is 14.8. The summed E-state index contributed by atoms with van der Waals surface area (Å²) in [5, 5.41) is 8.50. The number of pyridine rings is 1. The average Bonchev–Trinajstić information content (AvgIpc) is 2.90. The lowest BCUT2D eigenvalue weighted by Gasteiger charge is -2.41. The van der Waals surface area contributed by atoms with E-state index in [9.17, 15) is 8.78 Å². The van der Waals surface area contributed by atoms with Crippen LogP contribution >= 0.6 is 11.8 Å². The fraction of sp³-hybridized carbons (Fsp3) is 0.552. The Bertz CT molecular complexity index is 1300. The van der Waals surface area contributed by atoms with Crippen LogP contribution in [0.5, 0.6) is 0 Å². The van der Waals surface area contributed by atoms with E-state index in [1.807, 2.05) is 18.0 Å². The normalized spacial score (nSPS) is 19.3. The smallest absolute Gasteiger partial charge is 0.290 e. The van der Waals surface area contributed by atoms with E-state index < -0.39 is 18.6 Å². The number of likely N-dealkylation sites (N-methyl/N-ethyl adjacent to an activating group) is 1. The van der Waals surface area contributed by atoms with Crippen molar-refractivity contribution in [1.29, 1.82) is 0 Å². The SMILES string of the molecule is CNCCO[C@@H]1CCN(c2nccc(Nc3cc4c(C(C)C)ccc(N5CC(CSC)C5)c4cn3)n2)CC1(F)F. The van der Waals surface area contributed by atoms with E-state index >= 15 is 0 Å². The maximum atomic E-state index is 14.8. The van der Waals surface area contributed by atoms with Gasteiger partial charge in [0, 0.05) is 55.6 Å². The largest absolute Gasteiger partial charge is 0.370 e. The van der Waals surface area contributed by atoms with Crippen LogP contribution in [0.2, 0.25) is 0 Å². The van der Waals surface area contributed by atoms with Crippen LogP contribution in [0.1, 0.15) is 31.7 Å². The zero-order valence-corrected chi connectivity index (χ0v) is 24.5. The number of halogens is 2. The summed E-state index contributed by atoms with van der Waals surface area (Å²) in [4.78, 5) is 17.5. The Labute approximate surface area is 239 Å². The van der Waals surface area contributed by atoms with E-state index in [-0.39, 0.29) is 19.0 Å². The van der Waals surface area contributed by atoms with Gasteiger partial charge in [-0.1, -0.05) is 19.9 Å². The van der Waals surface area contributed by atoms with Crippen molar-refractivity contribution in [1.82, 2.24) is 20.3 Å². The van der Waals surface area contributed by atoms with E-state index in [1.165, 1.54) is 21.9 Å². The highest BCUT2D eigenvalue weighted by molar-refractivity contribution is 7.98. The number of nitrogens with zero attached hydrogens (tertiary/aromatic N) is 5. The van der Waals surface area contributed by atoms with E-state index in [0.717, 1.165) is 29.8 Å². The second-order valence-electron chi connectivity index (χ2n) is 11.0.